The van der Waals surface area contributed by atoms with E-state index in [4.69, 9.17) is 9.47 Å². The Hall–Kier alpha value is -1.51. The van der Waals surface area contributed by atoms with Crippen molar-refractivity contribution in [2.45, 2.75) is 71.1 Å². The van der Waals surface area contributed by atoms with Crippen LogP contribution in [0.1, 0.15) is 80.6 Å². The highest BCUT2D eigenvalue weighted by Crippen LogP contribution is 2.22. The number of unbranched alkanes of at least 4 members (excludes halogenated alkanes) is 8. The lowest BCUT2D eigenvalue weighted by Gasteiger charge is -2.09. The van der Waals surface area contributed by atoms with E-state index in [-0.39, 0.29) is 5.97 Å². The highest BCUT2D eigenvalue weighted by molar-refractivity contribution is 5.92. The molecule has 0 heterocycles. The number of rotatable bonds is 12. The van der Waals surface area contributed by atoms with Gasteiger partial charge in [-0.15, -0.1) is 0 Å². The van der Waals surface area contributed by atoms with Gasteiger partial charge in [0, 0.05) is 0 Å². The maximum absolute atomic E-state index is 11.8. The van der Waals surface area contributed by atoms with Gasteiger partial charge in [0.2, 0.25) is 0 Å². The lowest BCUT2D eigenvalue weighted by atomic mass is 10.0. The molecule has 1 rings (SSSR count). The second-order valence-corrected chi connectivity index (χ2v) is 6.10. The molecule has 23 heavy (non-hydrogen) atoms. The fraction of sp³-hybridized carbons (Fsp3) is 0.650. The van der Waals surface area contributed by atoms with E-state index < -0.39 is 0 Å². The van der Waals surface area contributed by atoms with Crippen LogP contribution in [0.4, 0.5) is 0 Å². The molecule has 130 valence electrons. The number of ether oxygens (including phenoxy) is 2. The van der Waals surface area contributed by atoms with Crippen LogP contribution in [0.3, 0.4) is 0 Å². The summed E-state index contributed by atoms with van der Waals surface area (Å²) in [5, 5.41) is 0. The maximum atomic E-state index is 11.8. The minimum absolute atomic E-state index is 0.337. The van der Waals surface area contributed by atoms with Crippen molar-refractivity contribution in [3.63, 3.8) is 0 Å². The van der Waals surface area contributed by atoms with Gasteiger partial charge in [-0.2, -0.15) is 0 Å². The zero-order chi connectivity index (χ0) is 16.9. The number of esters is 1. The molecule has 1 aromatic carbocycles. The Morgan fingerprint density at radius 1 is 0.913 bits per heavy atom. The second kappa shape index (κ2) is 12.0. The van der Waals surface area contributed by atoms with E-state index in [1.165, 1.54) is 70.5 Å². The van der Waals surface area contributed by atoms with Crippen LogP contribution in [0, 0.1) is 0 Å². The summed E-state index contributed by atoms with van der Waals surface area (Å²) in [5.74, 6) is 0.239. The highest BCUT2D eigenvalue weighted by atomic mass is 16.5. The SMILES string of the molecule is CCCCCCCCCCCc1ccc(OC)c(C(=O)OC)c1. The summed E-state index contributed by atoms with van der Waals surface area (Å²) in [7, 11) is 2.97. The number of methoxy groups -OCH3 is 2. The number of benzene rings is 1. The number of hydrogen-bond acceptors (Lipinski definition) is 3. The van der Waals surface area contributed by atoms with E-state index in [0.717, 1.165) is 6.42 Å². The Bertz CT molecular complexity index is 454. The number of aryl methyl sites for hydroxylation is 1. The molecule has 3 nitrogen and oxygen atoms in total. The van der Waals surface area contributed by atoms with Crippen LogP contribution in [-0.4, -0.2) is 20.2 Å². The summed E-state index contributed by atoms with van der Waals surface area (Å²) in [6.45, 7) is 2.25. The molecule has 3 heteroatoms. The molecule has 0 aromatic heterocycles. The largest absolute Gasteiger partial charge is 0.496 e. The van der Waals surface area contributed by atoms with Crippen molar-refractivity contribution in [2.24, 2.45) is 0 Å². The first-order chi connectivity index (χ1) is 11.2. The molecule has 0 aliphatic rings. The van der Waals surface area contributed by atoms with Gasteiger partial charge >= 0.3 is 5.97 Å². The molecule has 0 fully saturated rings. The third kappa shape index (κ3) is 7.54. The average molecular weight is 320 g/mol. The van der Waals surface area contributed by atoms with Gasteiger partial charge in [-0.25, -0.2) is 4.79 Å². The van der Waals surface area contributed by atoms with E-state index in [2.05, 4.69) is 6.92 Å². The molecule has 0 aliphatic carbocycles. The van der Waals surface area contributed by atoms with Crippen LogP contribution in [0.25, 0.3) is 0 Å². The molecule has 0 bridgehead atoms. The summed E-state index contributed by atoms with van der Waals surface area (Å²) in [6.07, 6.45) is 12.9. The van der Waals surface area contributed by atoms with Gasteiger partial charge in [-0.05, 0) is 30.5 Å². The smallest absolute Gasteiger partial charge is 0.341 e. The Morgan fingerprint density at radius 2 is 1.52 bits per heavy atom. The Balaban J connectivity index is 2.28. The molecule has 0 radical (unpaired) electrons. The van der Waals surface area contributed by atoms with Crippen molar-refractivity contribution in [3.05, 3.63) is 29.3 Å². The van der Waals surface area contributed by atoms with Gasteiger partial charge in [-0.3, -0.25) is 0 Å². The molecule has 0 amide bonds. The molecule has 0 spiro atoms. The first kappa shape index (κ1) is 19.5. The molecule has 1 aromatic rings. The molecule has 0 saturated carbocycles. The molecular weight excluding hydrogens is 288 g/mol. The van der Waals surface area contributed by atoms with Crippen molar-refractivity contribution in [1.82, 2.24) is 0 Å². The minimum atomic E-state index is -0.337. The van der Waals surface area contributed by atoms with Crippen LogP contribution in [0.2, 0.25) is 0 Å². The van der Waals surface area contributed by atoms with Gasteiger partial charge in [0.15, 0.2) is 0 Å². The maximum Gasteiger partial charge on any atom is 0.341 e. The van der Waals surface area contributed by atoms with Gasteiger partial charge in [0.25, 0.3) is 0 Å². The first-order valence-corrected chi connectivity index (χ1v) is 8.98. The van der Waals surface area contributed by atoms with Gasteiger partial charge in [0.05, 0.1) is 14.2 Å². The normalized spacial score (nSPS) is 10.6. The summed E-state index contributed by atoms with van der Waals surface area (Å²) < 4.78 is 10.0. The summed E-state index contributed by atoms with van der Waals surface area (Å²) in [4.78, 5) is 11.8. The van der Waals surface area contributed by atoms with Crippen molar-refractivity contribution in [2.75, 3.05) is 14.2 Å². The van der Waals surface area contributed by atoms with Crippen LogP contribution >= 0.6 is 0 Å². The third-order valence-corrected chi connectivity index (χ3v) is 4.24. The topological polar surface area (TPSA) is 35.5 Å². The summed E-state index contributed by atoms with van der Waals surface area (Å²) >= 11 is 0. The Labute approximate surface area is 141 Å². The average Bonchev–Trinajstić information content (AvgIpc) is 2.59. The van der Waals surface area contributed by atoms with E-state index in [9.17, 15) is 4.79 Å². The van der Waals surface area contributed by atoms with E-state index in [1.54, 1.807) is 7.11 Å². The summed E-state index contributed by atoms with van der Waals surface area (Å²) in [6, 6.07) is 5.79. The van der Waals surface area contributed by atoms with E-state index >= 15 is 0 Å². The molecular formula is C20H32O3. The van der Waals surface area contributed by atoms with Crippen LogP contribution in [-0.2, 0) is 11.2 Å². The van der Waals surface area contributed by atoms with Crippen LogP contribution in [0.15, 0.2) is 18.2 Å². The van der Waals surface area contributed by atoms with Gasteiger partial charge in [-0.1, -0.05) is 64.4 Å². The monoisotopic (exact) mass is 320 g/mol. The standard InChI is InChI=1S/C20H32O3/c1-4-5-6-7-8-9-10-11-12-13-17-14-15-19(22-2)18(16-17)20(21)23-3/h14-16H,4-13H2,1-3H3. The third-order valence-electron chi connectivity index (χ3n) is 4.24. The fourth-order valence-electron chi connectivity index (χ4n) is 2.82. The second-order valence-electron chi connectivity index (χ2n) is 6.10. The predicted octanol–water partition coefficient (Wildman–Crippen LogP) is 5.56. The zero-order valence-corrected chi connectivity index (χ0v) is 15.0. The van der Waals surface area contributed by atoms with E-state index in [0.29, 0.717) is 11.3 Å². The van der Waals surface area contributed by atoms with E-state index in [1.807, 2.05) is 18.2 Å². The van der Waals surface area contributed by atoms with Crippen LogP contribution < -0.4 is 4.74 Å². The number of carbonyl (C=O) groups excluding carboxylic acids is 1. The predicted molar refractivity (Wildman–Crippen MR) is 95.3 cm³/mol. The number of carbonyl (C=O) groups is 1. The minimum Gasteiger partial charge on any atom is -0.496 e. The number of hydrogen-bond donors (Lipinski definition) is 0. The molecule has 0 aliphatic heterocycles. The molecule has 0 atom stereocenters. The van der Waals surface area contributed by atoms with Gasteiger partial charge in [0.1, 0.15) is 11.3 Å². The molecule has 0 saturated heterocycles. The van der Waals surface area contributed by atoms with Crippen molar-refractivity contribution in [3.8, 4) is 5.75 Å². The fourth-order valence-corrected chi connectivity index (χ4v) is 2.82. The molecule has 0 N–H and O–H groups in total. The quantitative estimate of drug-likeness (QED) is 0.374. The molecule has 0 unspecified atom stereocenters. The highest BCUT2D eigenvalue weighted by Gasteiger charge is 2.13. The lowest BCUT2D eigenvalue weighted by Crippen LogP contribution is -2.05. The lowest BCUT2D eigenvalue weighted by molar-refractivity contribution is 0.0597. The first-order valence-electron chi connectivity index (χ1n) is 8.98. The van der Waals surface area contributed by atoms with Crippen molar-refractivity contribution < 1.29 is 14.3 Å². The van der Waals surface area contributed by atoms with Crippen molar-refractivity contribution in [1.29, 1.82) is 0 Å². The van der Waals surface area contributed by atoms with Crippen LogP contribution in [0.5, 0.6) is 5.75 Å². The zero-order valence-electron chi connectivity index (χ0n) is 15.0. The summed E-state index contributed by atoms with van der Waals surface area (Å²) in [5.41, 5.74) is 1.69. The van der Waals surface area contributed by atoms with Crippen molar-refractivity contribution >= 4 is 5.97 Å². The van der Waals surface area contributed by atoms with Gasteiger partial charge < -0.3 is 9.47 Å². The Kier molecular flexibility index (Phi) is 10.2. The Morgan fingerprint density at radius 3 is 2.09 bits per heavy atom.